The third-order valence-electron chi connectivity index (χ3n) is 3.04. The Labute approximate surface area is 128 Å². The van der Waals surface area contributed by atoms with Crippen molar-refractivity contribution in [2.75, 3.05) is 13.2 Å². The van der Waals surface area contributed by atoms with Crippen LogP contribution in [0.15, 0.2) is 12.1 Å². The average Bonchev–Trinajstić information content (AvgIpc) is 3.12. The number of rotatable bonds is 4. The van der Waals surface area contributed by atoms with Crippen molar-refractivity contribution < 1.29 is 9.53 Å². The van der Waals surface area contributed by atoms with Gasteiger partial charge in [-0.1, -0.05) is 6.92 Å². The maximum absolute atomic E-state index is 11.9. The van der Waals surface area contributed by atoms with Gasteiger partial charge in [0, 0.05) is 18.0 Å². The van der Waals surface area contributed by atoms with Crippen LogP contribution in [0.1, 0.15) is 34.3 Å². The highest BCUT2D eigenvalue weighted by Crippen LogP contribution is 2.16. The largest absolute Gasteiger partial charge is 0.376 e. The molecule has 3 N–H and O–H groups in total. The third kappa shape index (κ3) is 4.43. The molecule has 110 valence electrons. The molecule has 0 spiro atoms. The smallest absolute Gasteiger partial charge is 0.279 e. The Balaban J connectivity index is 1.68. The molecule has 7 heteroatoms. The van der Waals surface area contributed by atoms with Gasteiger partial charge in [0.15, 0.2) is 5.11 Å². The summed E-state index contributed by atoms with van der Waals surface area (Å²) < 4.78 is 5.48. The van der Waals surface area contributed by atoms with Gasteiger partial charge in [-0.25, -0.2) is 0 Å². The zero-order valence-electron chi connectivity index (χ0n) is 11.4. The Bertz CT molecular complexity index is 470. The van der Waals surface area contributed by atoms with Gasteiger partial charge >= 0.3 is 0 Å². The first kappa shape index (κ1) is 15.2. The monoisotopic (exact) mass is 313 g/mol. The van der Waals surface area contributed by atoms with Crippen molar-refractivity contribution in [3.63, 3.8) is 0 Å². The summed E-state index contributed by atoms with van der Waals surface area (Å²) in [6.07, 6.45) is 3.31. The molecule has 1 aliphatic heterocycles. The van der Waals surface area contributed by atoms with Crippen molar-refractivity contribution in [1.29, 1.82) is 0 Å². The molecule has 5 nitrogen and oxygen atoms in total. The number of carbonyl (C=O) groups is 1. The number of hydrogen-bond donors (Lipinski definition) is 3. The first-order valence-corrected chi connectivity index (χ1v) is 7.96. The molecule has 1 aromatic rings. The Hall–Kier alpha value is -1.18. The SMILES string of the molecule is CCc1ccc(C(=O)NNC(=S)NC[C@@H]2CCCO2)s1. The molecule has 1 saturated heterocycles. The number of carbonyl (C=O) groups excluding carboxylic acids is 1. The van der Waals surface area contributed by atoms with Crippen molar-refractivity contribution in [2.45, 2.75) is 32.3 Å². The van der Waals surface area contributed by atoms with Gasteiger partial charge in [-0.2, -0.15) is 0 Å². The fourth-order valence-corrected chi connectivity index (χ4v) is 2.90. The highest BCUT2D eigenvalue weighted by molar-refractivity contribution is 7.80. The molecular weight excluding hydrogens is 294 g/mol. The van der Waals surface area contributed by atoms with Crippen molar-refractivity contribution >= 4 is 34.6 Å². The number of hydrogen-bond acceptors (Lipinski definition) is 4. The van der Waals surface area contributed by atoms with Crippen LogP contribution in [0.4, 0.5) is 0 Å². The second-order valence-corrected chi connectivity index (χ2v) is 6.12. The van der Waals surface area contributed by atoms with E-state index in [0.29, 0.717) is 16.5 Å². The predicted molar refractivity (Wildman–Crippen MR) is 83.9 cm³/mol. The minimum absolute atomic E-state index is 0.170. The molecule has 1 atom stereocenters. The summed E-state index contributed by atoms with van der Waals surface area (Å²) in [5.74, 6) is -0.170. The van der Waals surface area contributed by atoms with Crippen LogP contribution in [0, 0.1) is 0 Å². The molecule has 0 saturated carbocycles. The standard InChI is InChI=1S/C13H19N3O2S2/c1-2-10-5-6-11(20-10)12(17)15-16-13(19)14-8-9-4-3-7-18-9/h5-6,9H,2-4,7-8H2,1H3,(H,15,17)(H2,14,16,19)/t9-/m0/s1. The minimum atomic E-state index is -0.170. The molecule has 1 fully saturated rings. The highest BCUT2D eigenvalue weighted by Gasteiger charge is 2.15. The summed E-state index contributed by atoms with van der Waals surface area (Å²) in [7, 11) is 0. The molecule has 1 amide bonds. The van der Waals surface area contributed by atoms with Gasteiger partial charge in [-0.3, -0.25) is 15.6 Å². The van der Waals surface area contributed by atoms with E-state index in [2.05, 4.69) is 23.1 Å². The quantitative estimate of drug-likeness (QED) is 0.582. The van der Waals surface area contributed by atoms with E-state index < -0.39 is 0 Å². The second-order valence-electron chi connectivity index (χ2n) is 4.54. The molecule has 1 aliphatic rings. The number of hydrazine groups is 1. The average molecular weight is 313 g/mol. The molecule has 0 radical (unpaired) electrons. The van der Waals surface area contributed by atoms with E-state index in [-0.39, 0.29) is 12.0 Å². The van der Waals surface area contributed by atoms with Crippen LogP contribution in [0.3, 0.4) is 0 Å². The van der Waals surface area contributed by atoms with Crippen molar-refractivity contribution in [2.24, 2.45) is 0 Å². The van der Waals surface area contributed by atoms with E-state index in [1.54, 1.807) is 0 Å². The number of amides is 1. The molecule has 0 unspecified atom stereocenters. The van der Waals surface area contributed by atoms with Crippen LogP contribution < -0.4 is 16.2 Å². The third-order valence-corrected chi connectivity index (χ3v) is 4.51. The number of thiophene rings is 1. The predicted octanol–water partition coefficient (Wildman–Crippen LogP) is 1.60. The summed E-state index contributed by atoms with van der Waals surface area (Å²) in [6, 6.07) is 3.79. The number of nitrogens with one attached hydrogen (secondary N) is 3. The lowest BCUT2D eigenvalue weighted by Crippen LogP contribution is -2.48. The van der Waals surface area contributed by atoms with E-state index in [1.165, 1.54) is 16.2 Å². The van der Waals surface area contributed by atoms with Gasteiger partial charge in [-0.15, -0.1) is 11.3 Å². The van der Waals surface area contributed by atoms with Gasteiger partial charge in [0.05, 0.1) is 11.0 Å². The number of ether oxygens (including phenoxy) is 1. The fraction of sp³-hybridized carbons (Fsp3) is 0.538. The van der Waals surface area contributed by atoms with Crippen LogP contribution in [0.2, 0.25) is 0 Å². The van der Waals surface area contributed by atoms with Crippen LogP contribution in [-0.4, -0.2) is 30.3 Å². The molecular formula is C13H19N3O2S2. The van der Waals surface area contributed by atoms with Crippen molar-refractivity contribution in [3.05, 3.63) is 21.9 Å². The van der Waals surface area contributed by atoms with E-state index in [4.69, 9.17) is 17.0 Å². The Morgan fingerprint density at radius 2 is 2.35 bits per heavy atom. The van der Waals surface area contributed by atoms with Gasteiger partial charge < -0.3 is 10.1 Å². The molecule has 0 bridgehead atoms. The molecule has 1 aromatic heterocycles. The highest BCUT2D eigenvalue weighted by atomic mass is 32.1. The normalized spacial score (nSPS) is 17.8. The van der Waals surface area contributed by atoms with Gasteiger partial charge in [0.25, 0.3) is 5.91 Å². The van der Waals surface area contributed by atoms with Gasteiger partial charge in [0.2, 0.25) is 0 Å². The summed E-state index contributed by atoms with van der Waals surface area (Å²) in [5.41, 5.74) is 5.29. The topological polar surface area (TPSA) is 62.4 Å². The number of thiocarbonyl (C=S) groups is 1. The molecule has 20 heavy (non-hydrogen) atoms. The lowest BCUT2D eigenvalue weighted by molar-refractivity contribution is 0.0947. The second kappa shape index (κ2) is 7.56. The molecule has 2 heterocycles. The van der Waals surface area contributed by atoms with Crippen LogP contribution in [0.5, 0.6) is 0 Å². The van der Waals surface area contributed by atoms with E-state index in [0.717, 1.165) is 25.9 Å². The van der Waals surface area contributed by atoms with Crippen molar-refractivity contribution in [1.82, 2.24) is 16.2 Å². The molecule has 0 aliphatic carbocycles. The zero-order valence-corrected chi connectivity index (χ0v) is 13.0. The first-order valence-electron chi connectivity index (χ1n) is 6.73. The summed E-state index contributed by atoms with van der Waals surface area (Å²) >= 11 is 6.59. The summed E-state index contributed by atoms with van der Waals surface area (Å²) in [6.45, 7) is 3.55. The van der Waals surface area contributed by atoms with E-state index in [1.807, 2.05) is 12.1 Å². The Morgan fingerprint density at radius 3 is 3.00 bits per heavy atom. The minimum Gasteiger partial charge on any atom is -0.376 e. The lowest BCUT2D eigenvalue weighted by Gasteiger charge is -2.14. The van der Waals surface area contributed by atoms with Gasteiger partial charge in [0.1, 0.15) is 0 Å². The maximum Gasteiger partial charge on any atom is 0.279 e. The number of aryl methyl sites for hydroxylation is 1. The zero-order chi connectivity index (χ0) is 14.4. The Morgan fingerprint density at radius 1 is 1.50 bits per heavy atom. The van der Waals surface area contributed by atoms with Crippen LogP contribution >= 0.6 is 23.6 Å². The van der Waals surface area contributed by atoms with Crippen LogP contribution in [-0.2, 0) is 11.2 Å². The molecule has 0 aromatic carbocycles. The van der Waals surface area contributed by atoms with Crippen LogP contribution in [0.25, 0.3) is 0 Å². The Kier molecular flexibility index (Phi) is 5.75. The summed E-state index contributed by atoms with van der Waals surface area (Å²) in [5, 5.41) is 3.44. The first-order chi connectivity index (χ1) is 9.69. The lowest BCUT2D eigenvalue weighted by atomic mass is 10.2. The summed E-state index contributed by atoms with van der Waals surface area (Å²) in [4.78, 5) is 13.7. The van der Waals surface area contributed by atoms with Crippen molar-refractivity contribution in [3.8, 4) is 0 Å². The fourth-order valence-electron chi connectivity index (χ4n) is 1.92. The van der Waals surface area contributed by atoms with Gasteiger partial charge in [-0.05, 0) is 43.6 Å². The maximum atomic E-state index is 11.9. The molecule has 2 rings (SSSR count). The van der Waals surface area contributed by atoms with E-state index in [9.17, 15) is 4.79 Å². The van der Waals surface area contributed by atoms with E-state index >= 15 is 0 Å².